The Hall–Kier alpha value is -2.65. The molecule has 0 spiro atoms. The zero-order valence-corrected chi connectivity index (χ0v) is 18.7. The van der Waals surface area contributed by atoms with E-state index >= 15 is 0 Å². The number of methoxy groups -OCH3 is 1. The molecular formula is C21H28FN3O4S. The first-order valence-corrected chi connectivity index (χ1v) is 10.9. The molecule has 1 atom stereocenters. The molecule has 0 aliphatic heterocycles. The third-order valence-corrected chi connectivity index (χ3v) is 6.53. The van der Waals surface area contributed by atoms with Gasteiger partial charge in [0.2, 0.25) is 5.91 Å². The second-order valence-corrected chi connectivity index (χ2v) is 9.10. The first kappa shape index (κ1) is 23.6. The van der Waals surface area contributed by atoms with Crippen LogP contribution in [0.4, 0.5) is 10.1 Å². The van der Waals surface area contributed by atoms with E-state index in [2.05, 4.69) is 5.32 Å². The summed E-state index contributed by atoms with van der Waals surface area (Å²) < 4.78 is 46.0. The van der Waals surface area contributed by atoms with Gasteiger partial charge in [0.05, 0.1) is 18.8 Å². The third kappa shape index (κ3) is 5.48. The number of aryl methyl sites for hydroxylation is 1. The summed E-state index contributed by atoms with van der Waals surface area (Å²) in [6.45, 7) is 3.41. The van der Waals surface area contributed by atoms with Crippen molar-refractivity contribution in [2.75, 3.05) is 32.1 Å². The average molecular weight is 438 g/mol. The number of ether oxygens (including phenoxy) is 1. The Kier molecular flexibility index (Phi) is 7.80. The Labute approximate surface area is 177 Å². The van der Waals surface area contributed by atoms with Crippen LogP contribution in [0.1, 0.15) is 30.5 Å². The van der Waals surface area contributed by atoms with Crippen molar-refractivity contribution in [1.82, 2.24) is 9.62 Å². The van der Waals surface area contributed by atoms with E-state index < -0.39 is 28.5 Å². The van der Waals surface area contributed by atoms with Crippen LogP contribution in [0.25, 0.3) is 0 Å². The van der Waals surface area contributed by atoms with Crippen molar-refractivity contribution in [3.8, 4) is 5.75 Å². The molecule has 9 heteroatoms. The molecule has 0 saturated carbocycles. The molecule has 0 unspecified atom stereocenters. The fourth-order valence-corrected chi connectivity index (χ4v) is 4.08. The fourth-order valence-electron chi connectivity index (χ4n) is 3.02. The van der Waals surface area contributed by atoms with Crippen LogP contribution < -0.4 is 14.4 Å². The molecule has 0 aliphatic rings. The van der Waals surface area contributed by atoms with Gasteiger partial charge < -0.3 is 10.1 Å². The lowest BCUT2D eigenvalue weighted by Crippen LogP contribution is -2.46. The molecule has 0 bridgehead atoms. The minimum atomic E-state index is -3.96. The van der Waals surface area contributed by atoms with Crippen LogP contribution in [0.5, 0.6) is 5.75 Å². The molecule has 0 aliphatic carbocycles. The summed E-state index contributed by atoms with van der Waals surface area (Å²) in [5.74, 6) is -0.212. The number of nitrogens with zero attached hydrogens (tertiary/aromatic N) is 2. The molecule has 0 fully saturated rings. The van der Waals surface area contributed by atoms with Crippen molar-refractivity contribution in [1.29, 1.82) is 0 Å². The van der Waals surface area contributed by atoms with Crippen molar-refractivity contribution in [3.05, 3.63) is 59.4 Å². The van der Waals surface area contributed by atoms with E-state index in [1.54, 1.807) is 7.11 Å². The molecule has 2 aromatic carbocycles. The monoisotopic (exact) mass is 437 g/mol. The summed E-state index contributed by atoms with van der Waals surface area (Å²) in [6, 6.07) is 10.3. The number of amides is 1. The molecule has 0 saturated heterocycles. The van der Waals surface area contributed by atoms with Crippen LogP contribution in [0.15, 0.2) is 42.5 Å². The molecule has 0 aromatic heterocycles. The predicted molar refractivity (Wildman–Crippen MR) is 115 cm³/mol. The van der Waals surface area contributed by atoms with Crippen LogP contribution in [-0.2, 0) is 15.0 Å². The first-order valence-electron chi connectivity index (χ1n) is 9.49. The molecule has 30 heavy (non-hydrogen) atoms. The van der Waals surface area contributed by atoms with Gasteiger partial charge in [0.15, 0.2) is 0 Å². The van der Waals surface area contributed by atoms with Gasteiger partial charge in [-0.25, -0.2) is 8.70 Å². The van der Waals surface area contributed by atoms with E-state index in [1.165, 1.54) is 26.2 Å². The minimum absolute atomic E-state index is 0.202. The lowest BCUT2D eigenvalue weighted by molar-refractivity contribution is -0.120. The normalized spacial score (nSPS) is 12.5. The molecule has 2 rings (SSSR count). The number of hydrogen-bond donors (Lipinski definition) is 1. The summed E-state index contributed by atoms with van der Waals surface area (Å²) in [7, 11) is 0.385. The minimum Gasteiger partial charge on any atom is -0.496 e. The Morgan fingerprint density at radius 2 is 1.80 bits per heavy atom. The SMILES string of the molecule is CC[C@H](NC(=O)CN(c1ccc(F)cc1)S(=O)(=O)N(C)C)c1ccc(OC)c(C)c1. The smallest absolute Gasteiger partial charge is 0.304 e. The van der Waals surface area contributed by atoms with Crippen LogP contribution in [-0.4, -0.2) is 46.4 Å². The van der Waals surface area contributed by atoms with Gasteiger partial charge in [0.1, 0.15) is 18.1 Å². The molecule has 1 amide bonds. The Morgan fingerprint density at radius 3 is 2.30 bits per heavy atom. The zero-order chi connectivity index (χ0) is 22.5. The Morgan fingerprint density at radius 1 is 1.17 bits per heavy atom. The number of anilines is 1. The predicted octanol–water partition coefficient (Wildman–Crippen LogP) is 3.02. The van der Waals surface area contributed by atoms with E-state index in [4.69, 9.17) is 4.74 Å². The van der Waals surface area contributed by atoms with Crippen molar-refractivity contribution >= 4 is 21.8 Å². The van der Waals surface area contributed by atoms with Crippen LogP contribution in [0, 0.1) is 12.7 Å². The second kappa shape index (κ2) is 9.90. The van der Waals surface area contributed by atoms with Gasteiger partial charge in [-0.1, -0.05) is 19.1 Å². The van der Waals surface area contributed by atoms with E-state index in [1.807, 2.05) is 32.0 Å². The maximum Gasteiger partial charge on any atom is 0.304 e. The molecule has 164 valence electrons. The van der Waals surface area contributed by atoms with Crippen molar-refractivity contribution in [3.63, 3.8) is 0 Å². The number of carbonyl (C=O) groups excluding carboxylic acids is 1. The van der Waals surface area contributed by atoms with Crippen molar-refractivity contribution in [2.45, 2.75) is 26.3 Å². The summed E-state index contributed by atoms with van der Waals surface area (Å²) in [5.41, 5.74) is 2.03. The van der Waals surface area contributed by atoms with Gasteiger partial charge in [-0.05, 0) is 54.8 Å². The van der Waals surface area contributed by atoms with E-state index in [9.17, 15) is 17.6 Å². The fraction of sp³-hybridized carbons (Fsp3) is 0.381. The number of rotatable bonds is 9. The van der Waals surface area contributed by atoms with Gasteiger partial charge in [0.25, 0.3) is 0 Å². The highest BCUT2D eigenvalue weighted by Gasteiger charge is 2.28. The number of halogens is 1. The lowest BCUT2D eigenvalue weighted by atomic mass is 10.0. The van der Waals surface area contributed by atoms with Gasteiger partial charge in [-0.2, -0.15) is 12.7 Å². The molecule has 2 aromatic rings. The van der Waals surface area contributed by atoms with Crippen LogP contribution in [0.2, 0.25) is 0 Å². The van der Waals surface area contributed by atoms with Crippen molar-refractivity contribution < 1.29 is 22.3 Å². The van der Waals surface area contributed by atoms with E-state index in [-0.39, 0.29) is 11.7 Å². The summed E-state index contributed by atoms with van der Waals surface area (Å²) >= 11 is 0. The molecule has 0 radical (unpaired) electrons. The van der Waals surface area contributed by atoms with Crippen LogP contribution >= 0.6 is 0 Å². The topological polar surface area (TPSA) is 79.0 Å². The molecule has 0 heterocycles. The maximum absolute atomic E-state index is 13.3. The summed E-state index contributed by atoms with van der Waals surface area (Å²) in [4.78, 5) is 12.8. The van der Waals surface area contributed by atoms with Gasteiger partial charge in [0, 0.05) is 14.1 Å². The third-order valence-electron chi connectivity index (χ3n) is 4.71. The van der Waals surface area contributed by atoms with Crippen LogP contribution in [0.3, 0.4) is 0 Å². The first-order chi connectivity index (χ1) is 14.1. The maximum atomic E-state index is 13.3. The number of benzene rings is 2. The number of nitrogens with one attached hydrogen (secondary N) is 1. The summed E-state index contributed by atoms with van der Waals surface area (Å²) in [5, 5.41) is 2.89. The Balaban J connectivity index is 2.26. The second-order valence-electron chi connectivity index (χ2n) is 7.03. The molecule has 7 nitrogen and oxygen atoms in total. The quantitative estimate of drug-likeness (QED) is 0.654. The highest BCUT2D eigenvalue weighted by Crippen LogP contribution is 2.25. The number of carbonyl (C=O) groups is 1. The van der Waals surface area contributed by atoms with Gasteiger partial charge in [-0.15, -0.1) is 0 Å². The standard InChI is InChI=1S/C21H28FN3O4S/c1-6-19(16-7-12-20(29-5)15(2)13-16)23-21(26)14-25(30(27,28)24(3)4)18-10-8-17(22)9-11-18/h7-13,19H,6,14H2,1-5H3,(H,23,26)/t19-/m0/s1. The highest BCUT2D eigenvalue weighted by molar-refractivity contribution is 7.90. The Bertz CT molecular complexity index is 978. The summed E-state index contributed by atoms with van der Waals surface area (Å²) in [6.07, 6.45) is 0.620. The largest absolute Gasteiger partial charge is 0.496 e. The van der Waals surface area contributed by atoms with E-state index in [0.717, 1.165) is 37.6 Å². The number of hydrogen-bond acceptors (Lipinski definition) is 4. The highest BCUT2D eigenvalue weighted by atomic mass is 32.2. The van der Waals surface area contributed by atoms with Gasteiger partial charge in [-0.3, -0.25) is 4.79 Å². The molecular weight excluding hydrogens is 409 g/mol. The van der Waals surface area contributed by atoms with Crippen molar-refractivity contribution in [2.24, 2.45) is 0 Å². The zero-order valence-electron chi connectivity index (χ0n) is 17.8. The van der Waals surface area contributed by atoms with E-state index in [0.29, 0.717) is 6.42 Å². The average Bonchev–Trinajstić information content (AvgIpc) is 2.70. The van der Waals surface area contributed by atoms with Gasteiger partial charge >= 0.3 is 10.2 Å². The lowest BCUT2D eigenvalue weighted by Gasteiger charge is -2.28. The molecule has 1 N–H and O–H groups in total.